The summed E-state index contributed by atoms with van der Waals surface area (Å²) in [5.41, 5.74) is 1.58. The monoisotopic (exact) mass is 452 g/mol. The average molecular weight is 452 g/mol. The quantitative estimate of drug-likeness (QED) is 0.452. The molecule has 150 valence electrons. The number of hydrogen-bond donors (Lipinski definition) is 2. The number of sulfone groups is 1. The number of fused-ring (bicyclic) bond motifs is 3. The van der Waals surface area contributed by atoms with Crippen molar-refractivity contribution in [2.24, 2.45) is 0 Å². The van der Waals surface area contributed by atoms with Crippen LogP contribution in [0.3, 0.4) is 0 Å². The fourth-order valence-corrected chi connectivity index (χ4v) is 6.08. The molecule has 0 aliphatic carbocycles. The molecule has 0 amide bonds. The van der Waals surface area contributed by atoms with Crippen molar-refractivity contribution in [1.29, 1.82) is 0 Å². The van der Waals surface area contributed by atoms with Crippen molar-refractivity contribution in [3.05, 3.63) is 60.7 Å². The van der Waals surface area contributed by atoms with Gasteiger partial charge in [0.1, 0.15) is 0 Å². The molecule has 4 rings (SSSR count). The van der Waals surface area contributed by atoms with Gasteiger partial charge in [0.2, 0.25) is 9.84 Å². The van der Waals surface area contributed by atoms with Gasteiger partial charge >= 0.3 is 0 Å². The van der Waals surface area contributed by atoms with E-state index in [4.69, 9.17) is 4.55 Å². The molecule has 0 saturated heterocycles. The van der Waals surface area contributed by atoms with Gasteiger partial charge in [-0.15, -0.1) is 0 Å². The van der Waals surface area contributed by atoms with Crippen LogP contribution in [0.15, 0.2) is 80.2 Å². The van der Waals surface area contributed by atoms with Gasteiger partial charge in [-0.25, -0.2) is 8.42 Å². The Balaban J connectivity index is 1.98. The number of benzene rings is 3. The molecule has 0 atom stereocenters. The molecule has 1 aliphatic rings. The van der Waals surface area contributed by atoms with Crippen LogP contribution in [0.2, 0.25) is 0 Å². The van der Waals surface area contributed by atoms with Crippen LogP contribution in [0.25, 0.3) is 22.3 Å². The molecule has 0 radical (unpaired) electrons. The molecule has 0 spiro atoms. The third-order valence-electron chi connectivity index (χ3n) is 4.59. The smallest absolute Gasteiger partial charge is 0.282 e. The lowest BCUT2D eigenvalue weighted by Gasteiger charge is -2.09. The summed E-state index contributed by atoms with van der Waals surface area (Å²) in [7, 11) is -13.0. The topological polar surface area (TPSA) is 143 Å². The number of rotatable bonds is 3. The molecule has 0 fully saturated rings. The van der Waals surface area contributed by atoms with E-state index in [2.05, 4.69) is 0 Å². The van der Waals surface area contributed by atoms with Crippen LogP contribution in [0.4, 0.5) is 0 Å². The zero-order valence-corrected chi connectivity index (χ0v) is 16.8. The van der Waals surface area contributed by atoms with Gasteiger partial charge in [-0.1, -0.05) is 30.3 Å². The van der Waals surface area contributed by atoms with E-state index in [0.29, 0.717) is 16.7 Å². The van der Waals surface area contributed by atoms with Crippen LogP contribution in [0.1, 0.15) is 0 Å². The maximum Gasteiger partial charge on any atom is 0.294 e. The van der Waals surface area contributed by atoms with E-state index in [1.807, 2.05) is 0 Å². The highest BCUT2D eigenvalue weighted by Crippen LogP contribution is 2.48. The number of hydrogen-bond acceptors (Lipinski definition) is 6. The third-order valence-corrected chi connectivity index (χ3v) is 8.14. The van der Waals surface area contributed by atoms with Gasteiger partial charge in [-0.2, -0.15) is 16.8 Å². The summed E-state index contributed by atoms with van der Waals surface area (Å²) in [5.74, 6) is 0. The zero-order chi connectivity index (χ0) is 21.2. The Hall–Kier alpha value is -2.57. The van der Waals surface area contributed by atoms with Crippen LogP contribution in [0, 0.1) is 0 Å². The minimum Gasteiger partial charge on any atom is -0.282 e. The lowest BCUT2D eigenvalue weighted by molar-refractivity contribution is 0.481. The Morgan fingerprint density at radius 3 is 1.83 bits per heavy atom. The SMILES string of the molecule is O=S(=O)(O)c1ccc(-c2cccc3c2-c2ccc(S(=O)(=O)O)cc2S3(=O)=O)cc1. The largest absolute Gasteiger partial charge is 0.294 e. The van der Waals surface area contributed by atoms with Crippen molar-refractivity contribution < 1.29 is 34.4 Å². The summed E-state index contributed by atoms with van der Waals surface area (Å²) in [6.07, 6.45) is 0. The van der Waals surface area contributed by atoms with Crippen LogP contribution in [-0.4, -0.2) is 34.4 Å². The Kier molecular flexibility index (Phi) is 4.23. The van der Waals surface area contributed by atoms with Crippen LogP contribution >= 0.6 is 0 Å². The zero-order valence-electron chi connectivity index (χ0n) is 14.3. The Labute approximate surface area is 166 Å². The van der Waals surface area contributed by atoms with Crippen molar-refractivity contribution in [2.45, 2.75) is 19.6 Å². The van der Waals surface area contributed by atoms with Gasteiger partial charge in [0.25, 0.3) is 20.2 Å². The lowest BCUT2D eigenvalue weighted by Crippen LogP contribution is -2.01. The summed E-state index contributed by atoms with van der Waals surface area (Å²) in [6.45, 7) is 0. The van der Waals surface area contributed by atoms with E-state index in [1.54, 1.807) is 6.07 Å². The van der Waals surface area contributed by atoms with Crippen molar-refractivity contribution in [2.75, 3.05) is 0 Å². The molecular weight excluding hydrogens is 440 g/mol. The average Bonchev–Trinajstić information content (AvgIpc) is 2.88. The van der Waals surface area contributed by atoms with Gasteiger partial charge in [0, 0.05) is 11.1 Å². The van der Waals surface area contributed by atoms with Gasteiger partial charge in [-0.3, -0.25) is 9.11 Å². The molecular formula is C18H12O8S3. The van der Waals surface area contributed by atoms with Gasteiger partial charge in [0.05, 0.1) is 19.6 Å². The standard InChI is InChI=1S/C18H12O8S3/c19-27(20)16-3-1-2-14(11-4-6-12(7-5-11)28(21,22)23)18(16)15-9-8-13(10-17(15)27)29(24,25)26/h1-10H,(H,21,22,23)(H,24,25,26). The molecule has 0 bridgehead atoms. The summed E-state index contributed by atoms with van der Waals surface area (Å²) >= 11 is 0. The highest BCUT2D eigenvalue weighted by molar-refractivity contribution is 7.92. The van der Waals surface area contributed by atoms with E-state index in [0.717, 1.165) is 12.1 Å². The minimum absolute atomic E-state index is 0.0312. The van der Waals surface area contributed by atoms with E-state index < -0.39 is 35.0 Å². The van der Waals surface area contributed by atoms with Gasteiger partial charge in [0.15, 0.2) is 0 Å². The summed E-state index contributed by atoms with van der Waals surface area (Å²) in [6, 6.07) is 13.1. The molecule has 0 unspecified atom stereocenters. The molecule has 1 heterocycles. The first kappa shape index (κ1) is 19.7. The molecule has 0 aromatic heterocycles. The molecule has 11 heteroatoms. The van der Waals surface area contributed by atoms with Crippen LogP contribution in [-0.2, 0) is 30.1 Å². The second-order valence-corrected chi connectivity index (χ2v) is 11.0. The Bertz CT molecular complexity index is 1490. The van der Waals surface area contributed by atoms with E-state index in [1.165, 1.54) is 42.5 Å². The van der Waals surface area contributed by atoms with E-state index in [9.17, 15) is 29.8 Å². The fraction of sp³-hybridized carbons (Fsp3) is 0. The fourth-order valence-electron chi connectivity index (χ4n) is 3.29. The Morgan fingerprint density at radius 1 is 0.655 bits per heavy atom. The van der Waals surface area contributed by atoms with Crippen molar-refractivity contribution in [3.63, 3.8) is 0 Å². The maximum absolute atomic E-state index is 12.9. The molecule has 8 nitrogen and oxygen atoms in total. The van der Waals surface area contributed by atoms with Gasteiger partial charge < -0.3 is 0 Å². The van der Waals surface area contributed by atoms with E-state index >= 15 is 0 Å². The highest BCUT2D eigenvalue weighted by Gasteiger charge is 2.35. The second kappa shape index (κ2) is 6.21. The first-order chi connectivity index (χ1) is 13.4. The summed E-state index contributed by atoms with van der Waals surface area (Å²) in [4.78, 5) is -1.12. The van der Waals surface area contributed by atoms with Crippen LogP contribution < -0.4 is 0 Å². The van der Waals surface area contributed by atoms with Crippen molar-refractivity contribution >= 4 is 30.1 Å². The first-order valence-corrected chi connectivity index (χ1v) is 12.3. The molecule has 1 aliphatic heterocycles. The van der Waals surface area contributed by atoms with E-state index in [-0.39, 0.29) is 20.2 Å². The molecule has 29 heavy (non-hydrogen) atoms. The van der Waals surface area contributed by atoms with Crippen molar-refractivity contribution in [1.82, 2.24) is 0 Å². The summed E-state index contributed by atoms with van der Waals surface area (Å²) in [5, 5.41) is 0. The first-order valence-electron chi connectivity index (χ1n) is 7.99. The van der Waals surface area contributed by atoms with Gasteiger partial charge in [-0.05, 0) is 41.5 Å². The van der Waals surface area contributed by atoms with Crippen molar-refractivity contribution in [3.8, 4) is 22.3 Å². The molecule has 0 saturated carbocycles. The molecule has 3 aromatic carbocycles. The molecule has 3 aromatic rings. The summed E-state index contributed by atoms with van der Waals surface area (Å²) < 4.78 is 89.5. The van der Waals surface area contributed by atoms with Crippen LogP contribution in [0.5, 0.6) is 0 Å². The maximum atomic E-state index is 12.9. The Morgan fingerprint density at radius 2 is 1.24 bits per heavy atom. The predicted molar refractivity (Wildman–Crippen MR) is 102 cm³/mol. The lowest BCUT2D eigenvalue weighted by atomic mass is 9.95. The normalized spacial score (nSPS) is 15.0. The highest BCUT2D eigenvalue weighted by atomic mass is 32.2. The molecule has 2 N–H and O–H groups in total. The predicted octanol–water partition coefficient (Wildman–Crippen LogP) is 2.66. The minimum atomic E-state index is -4.59. The third kappa shape index (κ3) is 3.16. The second-order valence-electron chi connectivity index (χ2n) is 6.31.